The average Bonchev–Trinajstić information content (AvgIpc) is 2.54. The Balaban J connectivity index is 1.54. The zero-order valence-electron chi connectivity index (χ0n) is 11.7. The maximum absolute atomic E-state index is 11.7. The van der Waals surface area contributed by atoms with Gasteiger partial charge in [-0.2, -0.15) is 0 Å². The molecule has 1 amide bonds. The third kappa shape index (κ3) is 6.27. The van der Waals surface area contributed by atoms with E-state index in [0.29, 0.717) is 25.3 Å². The summed E-state index contributed by atoms with van der Waals surface area (Å²) in [5, 5.41) is 5.96. The van der Waals surface area contributed by atoms with Crippen LogP contribution in [0.2, 0.25) is 0 Å². The molecule has 6 heteroatoms. The Hall–Kier alpha value is -2.08. The average molecular weight is 302 g/mol. The second-order valence-corrected chi connectivity index (χ2v) is 5.45. The van der Waals surface area contributed by atoms with Crippen molar-refractivity contribution in [1.29, 1.82) is 0 Å². The van der Waals surface area contributed by atoms with Gasteiger partial charge in [-0.05, 0) is 12.1 Å². The number of hydrogen-bond donors (Lipinski definition) is 2. The summed E-state index contributed by atoms with van der Waals surface area (Å²) in [7, 11) is 0. The summed E-state index contributed by atoms with van der Waals surface area (Å²) in [6.45, 7) is 1.21. The van der Waals surface area contributed by atoms with Gasteiger partial charge in [0, 0.05) is 42.6 Å². The van der Waals surface area contributed by atoms with Gasteiger partial charge >= 0.3 is 0 Å². The Labute approximate surface area is 128 Å². The summed E-state index contributed by atoms with van der Waals surface area (Å²) < 4.78 is 0. The predicted octanol–water partition coefficient (Wildman–Crippen LogP) is 2.19. The minimum absolute atomic E-state index is 0.0689. The first-order valence-electron chi connectivity index (χ1n) is 6.79. The van der Waals surface area contributed by atoms with E-state index in [0.717, 1.165) is 5.75 Å². The molecular formula is C15H18N4OS. The number of nitrogens with one attached hydrogen (secondary N) is 2. The van der Waals surface area contributed by atoms with Crippen LogP contribution in [-0.4, -0.2) is 34.7 Å². The van der Waals surface area contributed by atoms with Crippen molar-refractivity contribution >= 4 is 23.5 Å². The first kappa shape index (κ1) is 15.3. The fourth-order valence-electron chi connectivity index (χ4n) is 1.65. The van der Waals surface area contributed by atoms with E-state index in [4.69, 9.17) is 0 Å². The third-order valence-corrected chi connectivity index (χ3v) is 3.67. The summed E-state index contributed by atoms with van der Waals surface area (Å²) in [6.07, 6.45) is 5.42. The minimum atomic E-state index is 0.0689. The zero-order chi connectivity index (χ0) is 14.8. The lowest BCUT2D eigenvalue weighted by molar-refractivity contribution is -0.120. The molecule has 0 atom stereocenters. The molecule has 2 N–H and O–H groups in total. The molecule has 1 aromatic carbocycles. The van der Waals surface area contributed by atoms with E-state index >= 15 is 0 Å². The third-order valence-electron chi connectivity index (χ3n) is 2.66. The fraction of sp³-hybridized carbons (Fsp3) is 0.267. The number of carbonyl (C=O) groups is 1. The molecule has 1 heterocycles. The Morgan fingerprint density at radius 2 is 2.00 bits per heavy atom. The van der Waals surface area contributed by atoms with E-state index in [2.05, 4.69) is 20.6 Å². The highest BCUT2D eigenvalue weighted by atomic mass is 32.2. The summed E-state index contributed by atoms with van der Waals surface area (Å²) in [4.78, 5) is 20.9. The molecule has 21 heavy (non-hydrogen) atoms. The van der Waals surface area contributed by atoms with E-state index in [-0.39, 0.29) is 5.91 Å². The summed E-state index contributed by atoms with van der Waals surface area (Å²) >= 11 is 1.69. The maximum atomic E-state index is 11.7. The Morgan fingerprint density at radius 3 is 2.76 bits per heavy atom. The van der Waals surface area contributed by atoms with Crippen LogP contribution in [0.25, 0.3) is 0 Å². The van der Waals surface area contributed by atoms with Crippen LogP contribution in [-0.2, 0) is 4.79 Å². The lowest BCUT2D eigenvalue weighted by Gasteiger charge is -2.07. The smallest absolute Gasteiger partial charge is 0.220 e. The molecule has 0 spiro atoms. The molecule has 0 unspecified atom stereocenters. The van der Waals surface area contributed by atoms with E-state index in [1.54, 1.807) is 30.4 Å². The van der Waals surface area contributed by atoms with Crippen molar-refractivity contribution in [3.8, 4) is 0 Å². The van der Waals surface area contributed by atoms with Gasteiger partial charge in [0.15, 0.2) is 0 Å². The Bertz CT molecular complexity index is 536. The summed E-state index contributed by atoms with van der Waals surface area (Å²) in [5.41, 5.74) is 0. The van der Waals surface area contributed by atoms with Gasteiger partial charge in [-0.1, -0.05) is 18.2 Å². The summed E-state index contributed by atoms with van der Waals surface area (Å²) in [5.74, 6) is 1.57. The van der Waals surface area contributed by atoms with E-state index in [1.165, 1.54) is 4.90 Å². The fourth-order valence-corrected chi connectivity index (χ4v) is 2.52. The number of hydrogen-bond acceptors (Lipinski definition) is 5. The van der Waals surface area contributed by atoms with Crippen LogP contribution in [0.1, 0.15) is 6.42 Å². The van der Waals surface area contributed by atoms with Crippen LogP contribution in [0, 0.1) is 0 Å². The molecule has 5 nitrogen and oxygen atoms in total. The van der Waals surface area contributed by atoms with Gasteiger partial charge in [0.05, 0.1) is 6.20 Å². The first-order valence-corrected chi connectivity index (χ1v) is 7.77. The molecule has 0 radical (unpaired) electrons. The number of thioether (sulfide) groups is 1. The second kappa shape index (κ2) is 8.97. The standard InChI is InChI=1S/C15H18N4OS/c20-15(6-11-21-13-4-2-1-3-5-13)19-10-9-18-14-12-16-7-8-17-14/h1-5,7-8,12H,6,9-11H2,(H,17,18)(H,19,20). The molecule has 1 aromatic heterocycles. The van der Waals surface area contributed by atoms with Crippen LogP contribution in [0.15, 0.2) is 53.8 Å². The van der Waals surface area contributed by atoms with Crippen molar-refractivity contribution in [2.24, 2.45) is 0 Å². The SMILES string of the molecule is O=C(CCSc1ccccc1)NCCNc1cnccn1. The van der Waals surface area contributed by atoms with Crippen molar-refractivity contribution in [3.05, 3.63) is 48.9 Å². The van der Waals surface area contributed by atoms with Gasteiger partial charge in [-0.3, -0.25) is 9.78 Å². The van der Waals surface area contributed by atoms with Gasteiger partial charge in [-0.25, -0.2) is 4.98 Å². The largest absolute Gasteiger partial charge is 0.367 e. The van der Waals surface area contributed by atoms with E-state index in [9.17, 15) is 4.79 Å². The Morgan fingerprint density at radius 1 is 1.14 bits per heavy atom. The van der Waals surface area contributed by atoms with Crippen molar-refractivity contribution in [3.63, 3.8) is 0 Å². The monoisotopic (exact) mass is 302 g/mol. The zero-order valence-corrected chi connectivity index (χ0v) is 12.5. The topological polar surface area (TPSA) is 66.9 Å². The number of carbonyl (C=O) groups excluding carboxylic acids is 1. The van der Waals surface area contributed by atoms with Crippen molar-refractivity contribution in [2.75, 3.05) is 24.2 Å². The van der Waals surface area contributed by atoms with Crippen LogP contribution in [0.3, 0.4) is 0 Å². The van der Waals surface area contributed by atoms with Gasteiger partial charge in [0.25, 0.3) is 0 Å². The number of aromatic nitrogens is 2. The van der Waals surface area contributed by atoms with Crippen LogP contribution in [0.5, 0.6) is 0 Å². The maximum Gasteiger partial charge on any atom is 0.220 e. The number of benzene rings is 1. The number of amides is 1. The molecule has 2 aromatic rings. The van der Waals surface area contributed by atoms with Crippen molar-refractivity contribution < 1.29 is 4.79 Å². The number of nitrogens with zero attached hydrogens (tertiary/aromatic N) is 2. The molecule has 2 rings (SSSR count). The highest BCUT2D eigenvalue weighted by Crippen LogP contribution is 2.17. The first-order chi connectivity index (χ1) is 10.3. The molecule has 110 valence electrons. The number of rotatable bonds is 8. The minimum Gasteiger partial charge on any atom is -0.367 e. The molecule has 0 fully saturated rings. The molecule has 0 saturated heterocycles. The van der Waals surface area contributed by atoms with E-state index in [1.807, 2.05) is 30.3 Å². The van der Waals surface area contributed by atoms with Crippen molar-refractivity contribution in [1.82, 2.24) is 15.3 Å². The quantitative estimate of drug-likeness (QED) is 0.578. The van der Waals surface area contributed by atoms with Gasteiger partial charge < -0.3 is 10.6 Å². The molecule has 0 aliphatic rings. The molecular weight excluding hydrogens is 284 g/mol. The van der Waals surface area contributed by atoms with Crippen molar-refractivity contribution in [2.45, 2.75) is 11.3 Å². The molecule has 0 bridgehead atoms. The lowest BCUT2D eigenvalue weighted by Crippen LogP contribution is -2.29. The lowest BCUT2D eigenvalue weighted by atomic mass is 10.4. The highest BCUT2D eigenvalue weighted by Gasteiger charge is 2.01. The highest BCUT2D eigenvalue weighted by molar-refractivity contribution is 7.99. The predicted molar refractivity (Wildman–Crippen MR) is 85.3 cm³/mol. The van der Waals surface area contributed by atoms with Crippen LogP contribution < -0.4 is 10.6 Å². The summed E-state index contributed by atoms with van der Waals surface area (Å²) in [6, 6.07) is 10.1. The van der Waals surface area contributed by atoms with Gasteiger partial charge in [0.2, 0.25) is 5.91 Å². The van der Waals surface area contributed by atoms with Crippen LogP contribution >= 0.6 is 11.8 Å². The normalized spacial score (nSPS) is 10.1. The molecule has 0 saturated carbocycles. The number of anilines is 1. The molecule has 0 aliphatic heterocycles. The van der Waals surface area contributed by atoms with Crippen LogP contribution in [0.4, 0.5) is 5.82 Å². The second-order valence-electron chi connectivity index (χ2n) is 4.28. The van der Waals surface area contributed by atoms with Gasteiger partial charge in [0.1, 0.15) is 5.82 Å². The van der Waals surface area contributed by atoms with Gasteiger partial charge in [-0.15, -0.1) is 11.8 Å². The molecule has 0 aliphatic carbocycles. The van der Waals surface area contributed by atoms with E-state index < -0.39 is 0 Å². The Kier molecular flexibility index (Phi) is 6.54.